The minimum atomic E-state index is -0.0337. The van der Waals surface area contributed by atoms with Crippen molar-refractivity contribution in [3.8, 4) is 0 Å². The van der Waals surface area contributed by atoms with E-state index < -0.39 is 0 Å². The van der Waals surface area contributed by atoms with E-state index in [1.807, 2.05) is 0 Å². The molecule has 0 amide bonds. The van der Waals surface area contributed by atoms with Crippen molar-refractivity contribution in [3.63, 3.8) is 0 Å². The van der Waals surface area contributed by atoms with Crippen LogP contribution in [-0.2, 0) is 4.74 Å². The Labute approximate surface area is 132 Å². The Bertz CT molecular complexity index is 308. The third-order valence-electron chi connectivity index (χ3n) is 6.47. The van der Waals surface area contributed by atoms with Gasteiger partial charge in [0.2, 0.25) is 0 Å². The molecule has 2 saturated carbocycles. The van der Waals surface area contributed by atoms with Crippen molar-refractivity contribution in [1.82, 2.24) is 0 Å². The van der Waals surface area contributed by atoms with Crippen molar-refractivity contribution >= 4 is 0 Å². The SMILES string of the molecule is CCOC1(C(N)C2CCC(CC)CC2)CCC(C)(C)CC1. The van der Waals surface area contributed by atoms with E-state index >= 15 is 0 Å². The molecule has 2 nitrogen and oxygen atoms in total. The third kappa shape index (κ3) is 4.01. The molecule has 124 valence electrons. The molecule has 1 atom stereocenters. The minimum absolute atomic E-state index is 0.0337. The van der Waals surface area contributed by atoms with Gasteiger partial charge in [-0.05, 0) is 62.7 Å². The second-order valence-corrected chi connectivity index (χ2v) is 8.38. The van der Waals surface area contributed by atoms with Crippen LogP contribution in [0.5, 0.6) is 0 Å². The summed E-state index contributed by atoms with van der Waals surface area (Å²) in [5, 5.41) is 0. The molecule has 2 fully saturated rings. The van der Waals surface area contributed by atoms with Gasteiger partial charge in [-0.3, -0.25) is 0 Å². The summed E-state index contributed by atoms with van der Waals surface area (Å²) < 4.78 is 6.31. The topological polar surface area (TPSA) is 35.2 Å². The predicted molar refractivity (Wildman–Crippen MR) is 90.3 cm³/mol. The molecule has 0 aromatic heterocycles. The molecule has 0 aromatic carbocycles. The number of ether oxygens (including phenoxy) is 1. The van der Waals surface area contributed by atoms with Gasteiger partial charge in [0.05, 0.1) is 5.60 Å². The van der Waals surface area contributed by atoms with Crippen LogP contribution in [0.25, 0.3) is 0 Å². The Morgan fingerprint density at radius 1 is 1.00 bits per heavy atom. The highest BCUT2D eigenvalue weighted by atomic mass is 16.5. The van der Waals surface area contributed by atoms with Gasteiger partial charge in [-0.2, -0.15) is 0 Å². The smallest absolute Gasteiger partial charge is 0.0835 e. The van der Waals surface area contributed by atoms with Crippen LogP contribution in [0.15, 0.2) is 0 Å². The molecule has 21 heavy (non-hydrogen) atoms. The van der Waals surface area contributed by atoms with Crippen LogP contribution in [0.1, 0.15) is 85.5 Å². The highest BCUT2D eigenvalue weighted by Crippen LogP contribution is 2.46. The van der Waals surface area contributed by atoms with E-state index in [0.717, 1.165) is 25.4 Å². The Hall–Kier alpha value is -0.0800. The first-order valence-corrected chi connectivity index (χ1v) is 9.32. The molecule has 0 aromatic rings. The molecule has 1 unspecified atom stereocenters. The van der Waals surface area contributed by atoms with Gasteiger partial charge in [0.1, 0.15) is 0 Å². The quantitative estimate of drug-likeness (QED) is 0.782. The first-order chi connectivity index (χ1) is 9.92. The van der Waals surface area contributed by atoms with Crippen LogP contribution in [0.3, 0.4) is 0 Å². The van der Waals surface area contributed by atoms with Gasteiger partial charge < -0.3 is 10.5 Å². The lowest BCUT2D eigenvalue weighted by Crippen LogP contribution is -2.57. The minimum Gasteiger partial charge on any atom is -0.374 e. The average Bonchev–Trinajstić information content (AvgIpc) is 2.49. The van der Waals surface area contributed by atoms with Crippen LogP contribution in [0.4, 0.5) is 0 Å². The lowest BCUT2D eigenvalue weighted by molar-refractivity contribution is -0.112. The number of nitrogens with two attached hydrogens (primary N) is 1. The lowest BCUT2D eigenvalue weighted by Gasteiger charge is -2.49. The van der Waals surface area contributed by atoms with Crippen molar-refractivity contribution in [3.05, 3.63) is 0 Å². The molecular weight excluding hydrogens is 258 g/mol. The molecular formula is C19H37NO. The first-order valence-electron chi connectivity index (χ1n) is 9.32. The van der Waals surface area contributed by atoms with Crippen molar-refractivity contribution in [1.29, 1.82) is 0 Å². The zero-order valence-electron chi connectivity index (χ0n) is 14.8. The van der Waals surface area contributed by atoms with Gasteiger partial charge in [0, 0.05) is 12.6 Å². The van der Waals surface area contributed by atoms with Crippen molar-refractivity contribution in [2.45, 2.75) is 97.1 Å². The molecule has 0 radical (unpaired) electrons. The Morgan fingerprint density at radius 3 is 2.05 bits per heavy atom. The summed E-state index contributed by atoms with van der Waals surface area (Å²) in [6.45, 7) is 10.0. The van der Waals surface area contributed by atoms with Crippen LogP contribution >= 0.6 is 0 Å². The summed E-state index contributed by atoms with van der Waals surface area (Å²) in [5.41, 5.74) is 7.23. The summed E-state index contributed by atoms with van der Waals surface area (Å²) in [4.78, 5) is 0. The van der Waals surface area contributed by atoms with Crippen LogP contribution in [-0.4, -0.2) is 18.2 Å². The van der Waals surface area contributed by atoms with Gasteiger partial charge in [-0.25, -0.2) is 0 Å². The zero-order chi connectivity index (χ0) is 15.5. The van der Waals surface area contributed by atoms with E-state index in [4.69, 9.17) is 10.5 Å². The Balaban J connectivity index is 2.01. The molecule has 2 rings (SSSR count). The molecule has 0 heterocycles. The third-order valence-corrected chi connectivity index (χ3v) is 6.47. The van der Waals surface area contributed by atoms with Gasteiger partial charge in [-0.15, -0.1) is 0 Å². The van der Waals surface area contributed by atoms with E-state index in [1.165, 1.54) is 44.9 Å². The standard InChI is InChI=1S/C19H37NO/c1-5-15-7-9-16(10-8-15)17(20)19(21-6-2)13-11-18(3,4)12-14-19/h15-17H,5-14,20H2,1-4H3. The Kier molecular flexibility index (Phi) is 5.76. The maximum Gasteiger partial charge on any atom is 0.0835 e. The van der Waals surface area contributed by atoms with Crippen LogP contribution < -0.4 is 5.73 Å². The molecule has 0 spiro atoms. The second-order valence-electron chi connectivity index (χ2n) is 8.38. The largest absolute Gasteiger partial charge is 0.374 e. The molecule has 2 aliphatic rings. The average molecular weight is 296 g/mol. The van der Waals surface area contributed by atoms with Gasteiger partial charge in [-0.1, -0.05) is 40.0 Å². The van der Waals surface area contributed by atoms with E-state index in [2.05, 4.69) is 27.7 Å². The Morgan fingerprint density at radius 2 is 1.57 bits per heavy atom. The van der Waals surface area contributed by atoms with Crippen molar-refractivity contribution in [2.24, 2.45) is 23.0 Å². The van der Waals surface area contributed by atoms with E-state index in [-0.39, 0.29) is 11.6 Å². The zero-order valence-corrected chi connectivity index (χ0v) is 14.8. The summed E-state index contributed by atoms with van der Waals surface area (Å²) in [5.74, 6) is 1.63. The monoisotopic (exact) mass is 295 g/mol. The summed E-state index contributed by atoms with van der Waals surface area (Å²) in [7, 11) is 0. The van der Waals surface area contributed by atoms with Crippen molar-refractivity contribution in [2.75, 3.05) is 6.61 Å². The second kappa shape index (κ2) is 7.00. The van der Waals surface area contributed by atoms with Crippen molar-refractivity contribution < 1.29 is 4.74 Å². The normalized spacial score (nSPS) is 33.6. The molecule has 2 heteroatoms. The maximum atomic E-state index is 6.79. The summed E-state index contributed by atoms with van der Waals surface area (Å²) in [6, 6.07) is 0.242. The fourth-order valence-corrected chi connectivity index (χ4v) is 4.60. The molecule has 0 aliphatic heterocycles. The van der Waals surface area contributed by atoms with Gasteiger partial charge in [0.25, 0.3) is 0 Å². The van der Waals surface area contributed by atoms with E-state index in [1.54, 1.807) is 0 Å². The predicted octanol–water partition coefficient (Wildman–Crippen LogP) is 4.91. The number of rotatable bonds is 5. The fourth-order valence-electron chi connectivity index (χ4n) is 4.60. The fraction of sp³-hybridized carbons (Fsp3) is 1.00. The summed E-state index contributed by atoms with van der Waals surface area (Å²) in [6.07, 6.45) is 11.6. The molecule has 2 N–H and O–H groups in total. The van der Waals surface area contributed by atoms with Gasteiger partial charge in [0.15, 0.2) is 0 Å². The number of hydrogen-bond donors (Lipinski definition) is 1. The van der Waals surface area contributed by atoms with E-state index in [9.17, 15) is 0 Å². The molecule has 2 aliphatic carbocycles. The highest BCUT2D eigenvalue weighted by molar-refractivity contribution is 5.00. The van der Waals surface area contributed by atoms with E-state index in [0.29, 0.717) is 11.3 Å². The van der Waals surface area contributed by atoms with Crippen LogP contribution in [0, 0.1) is 17.3 Å². The van der Waals surface area contributed by atoms with Crippen LogP contribution in [0.2, 0.25) is 0 Å². The maximum absolute atomic E-state index is 6.79. The molecule has 0 saturated heterocycles. The molecule has 0 bridgehead atoms. The number of hydrogen-bond acceptors (Lipinski definition) is 2. The highest BCUT2D eigenvalue weighted by Gasteiger charge is 2.46. The lowest BCUT2D eigenvalue weighted by atomic mass is 9.64. The summed E-state index contributed by atoms with van der Waals surface area (Å²) >= 11 is 0. The first kappa shape index (κ1) is 17.3. The van der Waals surface area contributed by atoms with Gasteiger partial charge >= 0.3 is 0 Å².